The smallest absolute Gasteiger partial charge is 0.284 e. The number of hydrogen-bond acceptors (Lipinski definition) is 4. The predicted octanol–water partition coefficient (Wildman–Crippen LogP) is 2.88. The molecule has 2 aromatic carbocycles. The molecule has 0 heterocycles. The lowest BCUT2D eigenvalue weighted by Crippen LogP contribution is -2.15. The number of rotatable bonds is 5. The molecule has 0 fully saturated rings. The number of nitrogens with one attached hydrogen (secondary N) is 2. The van der Waals surface area contributed by atoms with Crippen LogP contribution in [0, 0.1) is 0 Å². The number of hydrogen-bond donors (Lipinski definition) is 2. The lowest BCUT2D eigenvalue weighted by atomic mass is 10.2. The van der Waals surface area contributed by atoms with Gasteiger partial charge in [-0.1, -0.05) is 6.07 Å². The Morgan fingerprint density at radius 2 is 1.36 bits per heavy atom. The highest BCUT2D eigenvalue weighted by molar-refractivity contribution is 7.92. The summed E-state index contributed by atoms with van der Waals surface area (Å²) < 4.78 is 89.0. The Morgan fingerprint density at radius 3 is 1.84 bits per heavy atom. The van der Waals surface area contributed by atoms with Gasteiger partial charge in [0.2, 0.25) is 10.0 Å². The summed E-state index contributed by atoms with van der Waals surface area (Å²) in [6, 6.07) is 8.51. The zero-order valence-electron chi connectivity index (χ0n) is 12.7. The zero-order valence-corrected chi connectivity index (χ0v) is 14.3. The van der Waals surface area contributed by atoms with E-state index >= 15 is 0 Å². The minimum atomic E-state index is -4.66. The van der Waals surface area contributed by atoms with Gasteiger partial charge in [0, 0.05) is 11.4 Å². The maximum absolute atomic E-state index is 12.7. The average molecular weight is 394 g/mol. The van der Waals surface area contributed by atoms with Gasteiger partial charge < -0.3 is 0 Å². The average Bonchev–Trinajstić information content (AvgIpc) is 2.47. The molecule has 0 unspecified atom stereocenters. The minimum Gasteiger partial charge on any atom is -0.284 e. The zero-order chi connectivity index (χ0) is 18.9. The van der Waals surface area contributed by atoms with Crippen molar-refractivity contribution < 1.29 is 30.0 Å². The predicted molar refractivity (Wildman–Crippen MR) is 87.2 cm³/mol. The Labute approximate surface area is 142 Å². The molecule has 0 aliphatic heterocycles. The fourth-order valence-electron chi connectivity index (χ4n) is 1.87. The molecule has 0 bridgehead atoms. The second-order valence-electron chi connectivity index (χ2n) is 5.08. The molecule has 0 spiro atoms. The summed E-state index contributed by atoms with van der Waals surface area (Å²) in [4.78, 5) is -0.541. The van der Waals surface area contributed by atoms with Gasteiger partial charge in [0.25, 0.3) is 10.0 Å². The molecular formula is C14H13F3N2O4S2. The fraction of sp³-hybridized carbons (Fsp3) is 0.143. The molecule has 136 valence electrons. The number of benzene rings is 2. The summed E-state index contributed by atoms with van der Waals surface area (Å²) in [7, 11) is -7.71. The Balaban J connectivity index is 2.24. The first-order valence-electron chi connectivity index (χ1n) is 6.65. The standard InChI is InChI=1S/C14H13F3N2O4S2/c1-24(20,21)18-11-5-7-12(8-6-11)19-25(22,23)13-4-2-3-10(9-13)14(15,16)17/h2-9,18-19H,1H3. The Morgan fingerprint density at radius 1 is 0.840 bits per heavy atom. The molecule has 6 nitrogen and oxygen atoms in total. The second kappa shape index (κ2) is 6.56. The van der Waals surface area contributed by atoms with Gasteiger partial charge in [0.05, 0.1) is 16.7 Å². The van der Waals surface area contributed by atoms with E-state index in [2.05, 4.69) is 9.44 Å². The largest absolute Gasteiger partial charge is 0.416 e. The maximum Gasteiger partial charge on any atom is 0.416 e. The lowest BCUT2D eigenvalue weighted by Gasteiger charge is -2.11. The summed E-state index contributed by atoms with van der Waals surface area (Å²) in [5.41, 5.74) is -0.802. The Hall–Kier alpha value is -2.27. The molecule has 11 heteroatoms. The van der Waals surface area contributed by atoms with Gasteiger partial charge in [0.1, 0.15) is 0 Å². The van der Waals surface area contributed by atoms with Crippen molar-refractivity contribution in [2.24, 2.45) is 0 Å². The van der Waals surface area contributed by atoms with Crippen LogP contribution < -0.4 is 9.44 Å². The van der Waals surface area contributed by atoms with E-state index in [-0.39, 0.29) is 11.4 Å². The Bertz CT molecular complexity index is 970. The van der Waals surface area contributed by atoms with Crippen molar-refractivity contribution in [2.45, 2.75) is 11.1 Å². The monoisotopic (exact) mass is 394 g/mol. The van der Waals surface area contributed by atoms with Gasteiger partial charge in [-0.05, 0) is 42.5 Å². The minimum absolute atomic E-state index is 0.0662. The first kappa shape index (κ1) is 19.1. The van der Waals surface area contributed by atoms with Gasteiger partial charge >= 0.3 is 6.18 Å². The number of sulfonamides is 2. The molecule has 0 saturated carbocycles. The van der Waals surface area contributed by atoms with E-state index in [1.807, 2.05) is 0 Å². The first-order valence-corrected chi connectivity index (χ1v) is 10.0. The molecule has 2 rings (SSSR count). The van der Waals surface area contributed by atoms with E-state index in [9.17, 15) is 30.0 Å². The molecule has 0 atom stereocenters. The third-order valence-corrected chi connectivity index (χ3v) is 4.90. The number of halogens is 3. The van der Waals surface area contributed by atoms with Crippen LogP contribution in [0.15, 0.2) is 53.4 Å². The van der Waals surface area contributed by atoms with Crippen molar-refractivity contribution >= 4 is 31.4 Å². The topological polar surface area (TPSA) is 92.3 Å². The summed E-state index contributed by atoms with van der Waals surface area (Å²) >= 11 is 0. The highest BCUT2D eigenvalue weighted by atomic mass is 32.2. The number of anilines is 2. The Kier molecular flexibility index (Phi) is 5.00. The third-order valence-electron chi connectivity index (χ3n) is 2.91. The SMILES string of the molecule is CS(=O)(=O)Nc1ccc(NS(=O)(=O)c2cccc(C(F)(F)F)c2)cc1. The highest BCUT2D eigenvalue weighted by Crippen LogP contribution is 2.31. The van der Waals surface area contributed by atoms with Crippen LogP contribution >= 0.6 is 0 Å². The third kappa shape index (κ3) is 5.36. The van der Waals surface area contributed by atoms with E-state index in [0.29, 0.717) is 6.07 Å². The van der Waals surface area contributed by atoms with Crippen LogP contribution in [0.5, 0.6) is 0 Å². The van der Waals surface area contributed by atoms with E-state index in [0.717, 1.165) is 24.5 Å². The molecule has 0 aromatic heterocycles. The van der Waals surface area contributed by atoms with Crippen LogP contribution in [0.3, 0.4) is 0 Å². The molecule has 0 aliphatic rings. The first-order chi connectivity index (χ1) is 11.4. The summed E-state index contributed by atoms with van der Waals surface area (Å²) in [6.07, 6.45) is -3.71. The van der Waals surface area contributed by atoms with Crippen molar-refractivity contribution in [3.05, 3.63) is 54.1 Å². The van der Waals surface area contributed by atoms with Crippen LogP contribution in [0.4, 0.5) is 24.5 Å². The molecule has 2 N–H and O–H groups in total. The van der Waals surface area contributed by atoms with E-state index in [1.54, 1.807) is 0 Å². The van der Waals surface area contributed by atoms with Crippen LogP contribution in [-0.2, 0) is 26.2 Å². The highest BCUT2D eigenvalue weighted by Gasteiger charge is 2.31. The molecule has 2 aromatic rings. The van der Waals surface area contributed by atoms with Crippen molar-refractivity contribution in [3.8, 4) is 0 Å². The van der Waals surface area contributed by atoms with Gasteiger partial charge in [-0.3, -0.25) is 9.44 Å². The molecule has 25 heavy (non-hydrogen) atoms. The fourth-order valence-corrected chi connectivity index (χ4v) is 3.54. The summed E-state index contributed by atoms with van der Waals surface area (Å²) in [5.74, 6) is 0. The molecule has 0 radical (unpaired) electrons. The van der Waals surface area contributed by atoms with Crippen molar-refractivity contribution in [2.75, 3.05) is 15.7 Å². The molecule has 0 amide bonds. The lowest BCUT2D eigenvalue weighted by molar-refractivity contribution is -0.137. The summed E-state index contributed by atoms with van der Waals surface area (Å²) in [6.45, 7) is 0. The molecule has 0 saturated heterocycles. The van der Waals surface area contributed by atoms with Crippen molar-refractivity contribution in [3.63, 3.8) is 0 Å². The van der Waals surface area contributed by atoms with Gasteiger partial charge in [-0.2, -0.15) is 13.2 Å². The van der Waals surface area contributed by atoms with Crippen LogP contribution in [0.25, 0.3) is 0 Å². The quantitative estimate of drug-likeness (QED) is 0.816. The van der Waals surface area contributed by atoms with E-state index in [4.69, 9.17) is 0 Å². The van der Waals surface area contributed by atoms with Crippen LogP contribution in [-0.4, -0.2) is 23.1 Å². The maximum atomic E-state index is 12.7. The van der Waals surface area contributed by atoms with Gasteiger partial charge in [0.15, 0.2) is 0 Å². The van der Waals surface area contributed by atoms with Crippen LogP contribution in [0.1, 0.15) is 5.56 Å². The van der Waals surface area contributed by atoms with Gasteiger partial charge in [-0.15, -0.1) is 0 Å². The van der Waals surface area contributed by atoms with Crippen molar-refractivity contribution in [1.82, 2.24) is 0 Å². The summed E-state index contributed by atoms with van der Waals surface area (Å²) in [5, 5.41) is 0. The van der Waals surface area contributed by atoms with E-state index < -0.39 is 36.7 Å². The van der Waals surface area contributed by atoms with E-state index in [1.165, 1.54) is 24.3 Å². The van der Waals surface area contributed by atoms with Gasteiger partial charge in [-0.25, -0.2) is 16.8 Å². The second-order valence-corrected chi connectivity index (χ2v) is 8.51. The van der Waals surface area contributed by atoms with Crippen LogP contribution in [0.2, 0.25) is 0 Å². The molecular weight excluding hydrogens is 381 g/mol. The number of alkyl halides is 3. The normalized spacial score (nSPS) is 12.6. The molecule has 0 aliphatic carbocycles. The van der Waals surface area contributed by atoms with Crippen molar-refractivity contribution in [1.29, 1.82) is 0 Å².